The third-order valence-electron chi connectivity index (χ3n) is 2.66. The molecule has 8 heteroatoms. The number of alkyl halides is 3. The summed E-state index contributed by atoms with van der Waals surface area (Å²) in [5, 5.41) is 10.5. The van der Waals surface area contributed by atoms with Crippen molar-refractivity contribution in [3.8, 4) is 5.75 Å². The Morgan fingerprint density at radius 1 is 1.42 bits per heavy atom. The van der Waals surface area contributed by atoms with Crippen LogP contribution >= 0.6 is 0 Å². The molecule has 1 fully saturated rings. The minimum absolute atomic E-state index is 0.217. The molecule has 1 aliphatic heterocycles. The first-order chi connectivity index (χ1) is 8.88. The lowest BCUT2D eigenvalue weighted by atomic mass is 10.1. The van der Waals surface area contributed by atoms with Crippen LogP contribution in [0.15, 0.2) is 18.2 Å². The number of halogens is 3. The Labute approximate surface area is 106 Å². The molecule has 0 spiro atoms. The van der Waals surface area contributed by atoms with Crippen molar-refractivity contribution in [1.29, 1.82) is 0 Å². The van der Waals surface area contributed by atoms with Crippen LogP contribution in [0.1, 0.15) is 12.0 Å². The molecule has 0 radical (unpaired) electrons. The Morgan fingerprint density at radius 3 is 2.68 bits per heavy atom. The van der Waals surface area contributed by atoms with Crippen molar-refractivity contribution in [2.45, 2.75) is 18.7 Å². The summed E-state index contributed by atoms with van der Waals surface area (Å²) in [5.74, 6) is -0.409. The maximum absolute atomic E-state index is 12.8. The van der Waals surface area contributed by atoms with E-state index in [0.29, 0.717) is 19.1 Å². The number of nitro groups is 1. The van der Waals surface area contributed by atoms with Gasteiger partial charge in [0.05, 0.1) is 18.1 Å². The summed E-state index contributed by atoms with van der Waals surface area (Å²) in [6.07, 6.45) is -4.67. The van der Waals surface area contributed by atoms with Crippen LogP contribution in [0, 0.1) is 10.1 Å². The van der Waals surface area contributed by atoms with Crippen LogP contribution in [-0.2, 0) is 10.9 Å². The van der Waals surface area contributed by atoms with Crippen molar-refractivity contribution >= 4 is 5.69 Å². The molecule has 2 rings (SSSR count). The number of non-ortho nitro benzene ring substituents is 1. The highest BCUT2D eigenvalue weighted by molar-refractivity contribution is 5.45. The molecular weight excluding hydrogens is 267 g/mol. The molecular formula is C11H10F3NO4. The molecule has 5 nitrogen and oxygen atoms in total. The predicted molar refractivity (Wildman–Crippen MR) is 58.0 cm³/mol. The SMILES string of the molecule is O=[N+]([O-])c1ccc(OC2CCOC2)c(C(F)(F)F)c1. The zero-order valence-electron chi connectivity index (χ0n) is 9.64. The van der Waals surface area contributed by atoms with Gasteiger partial charge >= 0.3 is 6.18 Å². The van der Waals surface area contributed by atoms with Gasteiger partial charge in [0.2, 0.25) is 0 Å². The minimum Gasteiger partial charge on any atom is -0.487 e. The van der Waals surface area contributed by atoms with Gasteiger partial charge in [0.15, 0.2) is 0 Å². The first kappa shape index (κ1) is 13.6. The zero-order valence-corrected chi connectivity index (χ0v) is 9.64. The van der Waals surface area contributed by atoms with Gasteiger partial charge in [-0.3, -0.25) is 10.1 Å². The second kappa shape index (κ2) is 5.04. The van der Waals surface area contributed by atoms with E-state index in [1.54, 1.807) is 0 Å². The molecule has 1 aliphatic rings. The summed E-state index contributed by atoms with van der Waals surface area (Å²) >= 11 is 0. The van der Waals surface area contributed by atoms with Crippen molar-refractivity contribution < 1.29 is 27.6 Å². The number of rotatable bonds is 3. The smallest absolute Gasteiger partial charge is 0.420 e. The first-order valence-electron chi connectivity index (χ1n) is 5.48. The molecule has 19 heavy (non-hydrogen) atoms. The van der Waals surface area contributed by atoms with Crippen LogP contribution in [-0.4, -0.2) is 24.2 Å². The average molecular weight is 277 g/mol. The lowest BCUT2D eigenvalue weighted by molar-refractivity contribution is -0.385. The van der Waals surface area contributed by atoms with Gasteiger partial charge in [0.1, 0.15) is 17.4 Å². The fourth-order valence-electron chi connectivity index (χ4n) is 1.74. The highest BCUT2D eigenvalue weighted by Gasteiger charge is 2.37. The van der Waals surface area contributed by atoms with E-state index in [4.69, 9.17) is 9.47 Å². The van der Waals surface area contributed by atoms with E-state index >= 15 is 0 Å². The normalized spacial score (nSPS) is 19.4. The Balaban J connectivity index is 2.33. The summed E-state index contributed by atoms with van der Waals surface area (Å²) in [7, 11) is 0. The minimum atomic E-state index is -4.71. The molecule has 104 valence electrons. The second-order valence-electron chi connectivity index (χ2n) is 4.04. The number of benzene rings is 1. The van der Waals surface area contributed by atoms with Crippen molar-refractivity contribution in [1.82, 2.24) is 0 Å². The van der Waals surface area contributed by atoms with Gasteiger partial charge < -0.3 is 9.47 Å². The van der Waals surface area contributed by atoms with Gasteiger partial charge in [-0.05, 0) is 6.07 Å². The van der Waals surface area contributed by atoms with E-state index < -0.39 is 34.2 Å². The molecule has 1 aromatic rings. The summed E-state index contributed by atoms with van der Waals surface area (Å²) < 4.78 is 48.7. The van der Waals surface area contributed by atoms with E-state index in [-0.39, 0.29) is 6.61 Å². The van der Waals surface area contributed by atoms with Crippen LogP contribution in [0.5, 0.6) is 5.75 Å². The summed E-state index contributed by atoms with van der Waals surface area (Å²) in [5.41, 5.74) is -1.77. The van der Waals surface area contributed by atoms with Crippen LogP contribution in [0.2, 0.25) is 0 Å². The predicted octanol–water partition coefficient (Wildman–Crippen LogP) is 2.78. The molecule has 0 saturated carbocycles. The van der Waals surface area contributed by atoms with Crippen molar-refractivity contribution in [2.75, 3.05) is 13.2 Å². The van der Waals surface area contributed by atoms with E-state index in [2.05, 4.69) is 0 Å². The fraction of sp³-hybridized carbons (Fsp3) is 0.455. The number of nitro benzene ring substituents is 1. The number of ether oxygens (including phenoxy) is 2. The summed E-state index contributed by atoms with van der Waals surface area (Å²) in [4.78, 5) is 9.64. The van der Waals surface area contributed by atoms with Crippen LogP contribution in [0.25, 0.3) is 0 Å². The van der Waals surface area contributed by atoms with E-state index in [0.717, 1.165) is 12.1 Å². The molecule has 0 aromatic heterocycles. The van der Waals surface area contributed by atoms with Crippen molar-refractivity contribution in [2.24, 2.45) is 0 Å². The Hall–Kier alpha value is -1.83. The molecule has 1 heterocycles. The molecule has 1 atom stereocenters. The largest absolute Gasteiger partial charge is 0.487 e. The third-order valence-corrected chi connectivity index (χ3v) is 2.66. The Morgan fingerprint density at radius 2 is 2.16 bits per heavy atom. The summed E-state index contributed by atoms with van der Waals surface area (Å²) in [6, 6.07) is 2.44. The number of nitrogens with zero attached hydrogens (tertiary/aromatic N) is 1. The van der Waals surface area contributed by atoms with Gasteiger partial charge in [0.25, 0.3) is 5.69 Å². The Kier molecular flexibility index (Phi) is 3.61. The first-order valence-corrected chi connectivity index (χ1v) is 5.48. The summed E-state index contributed by atoms with van der Waals surface area (Å²) in [6.45, 7) is 0.646. The molecule has 1 unspecified atom stereocenters. The van der Waals surface area contributed by atoms with Crippen LogP contribution in [0.3, 0.4) is 0 Å². The number of hydrogen-bond acceptors (Lipinski definition) is 4. The zero-order chi connectivity index (χ0) is 14.0. The molecule has 0 bridgehead atoms. The molecule has 1 saturated heterocycles. The maximum atomic E-state index is 12.8. The average Bonchev–Trinajstić information content (AvgIpc) is 2.80. The van der Waals surface area contributed by atoms with E-state index in [1.807, 2.05) is 0 Å². The highest BCUT2D eigenvalue weighted by atomic mass is 19.4. The lowest BCUT2D eigenvalue weighted by Gasteiger charge is -2.16. The molecule has 0 N–H and O–H groups in total. The monoisotopic (exact) mass is 277 g/mol. The van der Waals surface area contributed by atoms with Gasteiger partial charge in [-0.25, -0.2) is 0 Å². The highest BCUT2D eigenvalue weighted by Crippen LogP contribution is 2.39. The molecule has 0 amide bonds. The van der Waals surface area contributed by atoms with Crippen molar-refractivity contribution in [3.63, 3.8) is 0 Å². The third kappa shape index (κ3) is 3.14. The van der Waals surface area contributed by atoms with E-state index in [9.17, 15) is 23.3 Å². The van der Waals surface area contributed by atoms with Gasteiger partial charge in [-0.15, -0.1) is 0 Å². The second-order valence-corrected chi connectivity index (χ2v) is 4.04. The van der Waals surface area contributed by atoms with Gasteiger partial charge in [-0.2, -0.15) is 13.2 Å². The van der Waals surface area contributed by atoms with Gasteiger partial charge in [0, 0.05) is 18.6 Å². The quantitative estimate of drug-likeness (QED) is 0.629. The van der Waals surface area contributed by atoms with Gasteiger partial charge in [-0.1, -0.05) is 0 Å². The van der Waals surface area contributed by atoms with Crippen molar-refractivity contribution in [3.05, 3.63) is 33.9 Å². The van der Waals surface area contributed by atoms with E-state index in [1.165, 1.54) is 0 Å². The van der Waals surface area contributed by atoms with Crippen LogP contribution < -0.4 is 4.74 Å². The molecule has 1 aromatic carbocycles. The lowest BCUT2D eigenvalue weighted by Crippen LogP contribution is -2.18. The topological polar surface area (TPSA) is 61.6 Å². The fourth-order valence-corrected chi connectivity index (χ4v) is 1.74. The maximum Gasteiger partial charge on any atom is 0.420 e. The Bertz CT molecular complexity index is 483. The van der Waals surface area contributed by atoms with Crippen LogP contribution in [0.4, 0.5) is 18.9 Å². The molecule has 0 aliphatic carbocycles. The number of hydrogen-bond donors (Lipinski definition) is 0. The standard InChI is InChI=1S/C11H10F3NO4/c12-11(13,14)9-5-7(15(16)17)1-2-10(9)19-8-3-4-18-6-8/h1-2,5,8H,3-4,6H2.